The molecule has 7 heteroatoms. The minimum atomic E-state index is -3.71. The van der Waals surface area contributed by atoms with Crippen molar-refractivity contribution in [1.82, 2.24) is 9.62 Å². The van der Waals surface area contributed by atoms with Crippen LogP contribution in [0.2, 0.25) is 0 Å². The fraction of sp³-hybridized carbons (Fsp3) is 0.450. The van der Waals surface area contributed by atoms with Crippen LogP contribution in [0.3, 0.4) is 0 Å². The lowest BCUT2D eigenvalue weighted by Crippen LogP contribution is -3.14. The molecule has 27 heavy (non-hydrogen) atoms. The smallest absolute Gasteiger partial charge is 0.243 e. The Balaban J connectivity index is 1.63. The number of fused-ring (bicyclic) bond motifs is 1. The Morgan fingerprint density at radius 3 is 2.70 bits per heavy atom. The van der Waals surface area contributed by atoms with Gasteiger partial charge in [-0.3, -0.25) is 4.79 Å². The zero-order valence-corrected chi connectivity index (χ0v) is 16.8. The zero-order chi connectivity index (χ0) is 19.4. The summed E-state index contributed by atoms with van der Waals surface area (Å²) >= 11 is 0. The molecule has 0 bridgehead atoms. The van der Waals surface area contributed by atoms with E-state index in [4.69, 9.17) is 0 Å². The molecule has 0 saturated carbocycles. The van der Waals surface area contributed by atoms with Crippen molar-refractivity contribution in [1.29, 1.82) is 0 Å². The molecule has 0 aromatic heterocycles. The van der Waals surface area contributed by atoms with E-state index in [1.807, 2.05) is 24.3 Å². The van der Waals surface area contributed by atoms with Crippen LogP contribution in [0.25, 0.3) is 10.8 Å². The van der Waals surface area contributed by atoms with Gasteiger partial charge in [0.25, 0.3) is 0 Å². The Labute approximate surface area is 161 Å². The molecule has 0 spiro atoms. The molecule has 1 amide bonds. The maximum Gasteiger partial charge on any atom is 0.243 e. The van der Waals surface area contributed by atoms with Gasteiger partial charge in [0.1, 0.15) is 6.04 Å². The minimum Gasteiger partial charge on any atom is -0.349 e. The van der Waals surface area contributed by atoms with Crippen molar-refractivity contribution in [2.24, 2.45) is 0 Å². The lowest BCUT2D eigenvalue weighted by atomic mass is 10.1. The number of nitrogens with one attached hydrogen (secondary N) is 2. The number of likely N-dealkylation sites (N-methyl/N-ethyl adjacent to an activating group) is 2. The third-order valence-electron chi connectivity index (χ3n) is 5.42. The molecule has 6 nitrogen and oxygen atoms in total. The molecule has 146 valence electrons. The van der Waals surface area contributed by atoms with Crippen LogP contribution < -0.4 is 10.2 Å². The van der Waals surface area contributed by atoms with Crippen LogP contribution in [0, 0.1) is 0 Å². The van der Waals surface area contributed by atoms with Crippen LogP contribution in [-0.2, 0) is 14.8 Å². The van der Waals surface area contributed by atoms with Crippen molar-refractivity contribution in [3.8, 4) is 0 Å². The van der Waals surface area contributed by atoms with Crippen molar-refractivity contribution in [3.05, 3.63) is 42.5 Å². The zero-order valence-electron chi connectivity index (χ0n) is 15.9. The van der Waals surface area contributed by atoms with Crippen molar-refractivity contribution in [2.45, 2.75) is 30.7 Å². The first kappa shape index (κ1) is 19.8. The lowest BCUT2D eigenvalue weighted by molar-refractivity contribution is -0.909. The highest BCUT2D eigenvalue weighted by Gasteiger charge is 2.28. The normalized spacial score (nSPS) is 20.3. The molecular weight excluding hydrogens is 362 g/mol. The first-order valence-corrected chi connectivity index (χ1v) is 10.9. The Kier molecular flexibility index (Phi) is 6.14. The highest BCUT2D eigenvalue weighted by Crippen LogP contribution is 2.21. The second kappa shape index (κ2) is 8.37. The maximum atomic E-state index is 12.8. The molecule has 1 aliphatic rings. The van der Waals surface area contributed by atoms with Gasteiger partial charge in [0.15, 0.2) is 0 Å². The number of rotatable bonds is 7. The molecule has 1 aliphatic heterocycles. The third kappa shape index (κ3) is 4.48. The van der Waals surface area contributed by atoms with Gasteiger partial charge in [-0.2, -0.15) is 4.31 Å². The number of hydrogen-bond donors (Lipinski definition) is 2. The fourth-order valence-corrected chi connectivity index (χ4v) is 4.95. The molecule has 1 fully saturated rings. The van der Waals surface area contributed by atoms with E-state index in [-0.39, 0.29) is 17.3 Å². The third-order valence-corrected chi connectivity index (χ3v) is 7.22. The SMILES string of the molecule is CC[NH+]1CCC[C@H]1CNC(=O)CN(C)S(=O)(=O)c1ccc2ccccc2c1. The highest BCUT2D eigenvalue weighted by atomic mass is 32.2. The topological polar surface area (TPSA) is 70.9 Å². The van der Waals surface area contributed by atoms with Crippen LogP contribution in [0.15, 0.2) is 47.4 Å². The second-order valence-electron chi connectivity index (χ2n) is 7.18. The molecule has 1 heterocycles. The van der Waals surface area contributed by atoms with Crippen LogP contribution in [0.4, 0.5) is 0 Å². The number of nitrogens with zero attached hydrogens (tertiary/aromatic N) is 1. The number of benzene rings is 2. The molecule has 1 saturated heterocycles. The van der Waals surface area contributed by atoms with Gasteiger partial charge in [0, 0.05) is 19.9 Å². The van der Waals surface area contributed by atoms with Crippen LogP contribution in [-0.4, -0.2) is 57.9 Å². The standard InChI is InChI=1S/C20H27N3O3S/c1-3-23-12-6-9-18(23)14-21-20(24)15-22(2)27(25,26)19-11-10-16-7-4-5-8-17(16)13-19/h4-5,7-8,10-11,13,18H,3,6,9,12,14-15H2,1-2H3,(H,21,24)/p+1/t18-/m0/s1. The molecule has 1 unspecified atom stereocenters. The molecule has 0 radical (unpaired) electrons. The summed E-state index contributed by atoms with van der Waals surface area (Å²) in [5.41, 5.74) is 0. The Bertz CT molecular complexity index is 914. The summed E-state index contributed by atoms with van der Waals surface area (Å²) in [5, 5.41) is 4.75. The molecule has 3 rings (SSSR count). The van der Waals surface area contributed by atoms with E-state index in [2.05, 4.69) is 12.2 Å². The predicted molar refractivity (Wildman–Crippen MR) is 106 cm³/mol. The summed E-state index contributed by atoms with van der Waals surface area (Å²) in [6.07, 6.45) is 2.29. The van der Waals surface area contributed by atoms with E-state index in [1.165, 1.54) is 18.4 Å². The van der Waals surface area contributed by atoms with E-state index >= 15 is 0 Å². The number of carbonyl (C=O) groups excluding carboxylic acids is 1. The van der Waals surface area contributed by atoms with Crippen molar-refractivity contribution in [3.63, 3.8) is 0 Å². The van der Waals surface area contributed by atoms with Crippen molar-refractivity contribution in [2.75, 3.05) is 33.2 Å². The molecule has 2 N–H and O–H groups in total. The van der Waals surface area contributed by atoms with Crippen LogP contribution in [0.5, 0.6) is 0 Å². The van der Waals surface area contributed by atoms with E-state index in [0.29, 0.717) is 12.6 Å². The maximum absolute atomic E-state index is 12.8. The van der Waals surface area contributed by atoms with Gasteiger partial charge in [-0.15, -0.1) is 0 Å². The first-order valence-electron chi connectivity index (χ1n) is 9.48. The first-order chi connectivity index (χ1) is 12.9. The number of carbonyl (C=O) groups is 1. The Morgan fingerprint density at radius 2 is 1.96 bits per heavy atom. The second-order valence-corrected chi connectivity index (χ2v) is 9.22. The van der Waals surface area contributed by atoms with Gasteiger partial charge >= 0.3 is 0 Å². The average molecular weight is 391 g/mol. The van der Waals surface area contributed by atoms with Crippen molar-refractivity contribution >= 4 is 26.7 Å². The van der Waals surface area contributed by atoms with Gasteiger partial charge in [-0.25, -0.2) is 8.42 Å². The number of hydrogen-bond acceptors (Lipinski definition) is 3. The summed E-state index contributed by atoms with van der Waals surface area (Å²) in [7, 11) is -2.26. The Hall–Kier alpha value is -1.96. The number of likely N-dealkylation sites (tertiary alicyclic amines) is 1. The quantitative estimate of drug-likeness (QED) is 0.729. The van der Waals surface area contributed by atoms with Gasteiger partial charge in [-0.1, -0.05) is 30.3 Å². The number of amides is 1. The van der Waals surface area contributed by atoms with Crippen molar-refractivity contribution < 1.29 is 18.1 Å². The summed E-state index contributed by atoms with van der Waals surface area (Å²) in [6, 6.07) is 13.1. The van der Waals surface area contributed by atoms with Crippen LogP contribution >= 0.6 is 0 Å². The fourth-order valence-electron chi connectivity index (χ4n) is 3.78. The van der Waals surface area contributed by atoms with E-state index in [1.54, 1.807) is 18.2 Å². The minimum absolute atomic E-state index is 0.177. The molecule has 2 aromatic rings. The molecular formula is C20H28N3O3S+. The lowest BCUT2D eigenvalue weighted by Gasteiger charge is -2.21. The van der Waals surface area contributed by atoms with Crippen LogP contribution in [0.1, 0.15) is 19.8 Å². The monoisotopic (exact) mass is 390 g/mol. The predicted octanol–water partition coefficient (Wildman–Crippen LogP) is 0.644. The van der Waals surface area contributed by atoms with E-state index in [0.717, 1.165) is 34.6 Å². The van der Waals surface area contributed by atoms with Gasteiger partial charge in [0.2, 0.25) is 15.9 Å². The molecule has 2 atom stereocenters. The summed E-state index contributed by atoms with van der Waals surface area (Å²) in [5.74, 6) is -0.260. The summed E-state index contributed by atoms with van der Waals surface area (Å²) < 4.78 is 26.7. The van der Waals surface area contributed by atoms with Gasteiger partial charge < -0.3 is 10.2 Å². The van der Waals surface area contributed by atoms with E-state index in [9.17, 15) is 13.2 Å². The molecule has 2 aromatic carbocycles. The number of quaternary nitrogens is 1. The van der Waals surface area contributed by atoms with Gasteiger partial charge in [0.05, 0.1) is 31.1 Å². The summed E-state index contributed by atoms with van der Waals surface area (Å²) in [6.45, 7) is 4.78. The largest absolute Gasteiger partial charge is 0.349 e. The van der Waals surface area contributed by atoms with Gasteiger partial charge in [-0.05, 0) is 29.8 Å². The Morgan fingerprint density at radius 1 is 1.22 bits per heavy atom. The average Bonchev–Trinajstić information content (AvgIpc) is 3.13. The van der Waals surface area contributed by atoms with E-state index < -0.39 is 10.0 Å². The highest BCUT2D eigenvalue weighted by molar-refractivity contribution is 7.89. The number of sulfonamides is 1. The summed E-state index contributed by atoms with van der Waals surface area (Å²) in [4.78, 5) is 14.0. The molecule has 0 aliphatic carbocycles.